The van der Waals surface area contributed by atoms with Gasteiger partial charge in [0.2, 0.25) is 10.0 Å². The third kappa shape index (κ3) is 5.03. The third-order valence-corrected chi connectivity index (χ3v) is 6.06. The largest absolute Gasteiger partial charge is 0.337 e. The molecule has 1 aliphatic rings. The van der Waals surface area contributed by atoms with Crippen LogP contribution in [0.1, 0.15) is 49.5 Å². The maximum absolute atomic E-state index is 12.9. The lowest BCUT2D eigenvalue weighted by Crippen LogP contribution is -2.47. The summed E-state index contributed by atoms with van der Waals surface area (Å²) in [5.41, 5.74) is 0.653. The normalized spacial score (nSPS) is 19.1. The van der Waals surface area contributed by atoms with Crippen molar-refractivity contribution in [1.29, 1.82) is 0 Å². The number of hydrogen-bond donors (Lipinski definition) is 2. The highest BCUT2D eigenvalue weighted by atomic mass is 32.2. The van der Waals surface area contributed by atoms with Gasteiger partial charge in [-0.05, 0) is 65.3 Å². The van der Waals surface area contributed by atoms with Crippen LogP contribution in [0.25, 0.3) is 0 Å². The number of likely N-dealkylation sites (N-methyl/N-ethyl adjacent to an activating group) is 1. The molecule has 1 atom stereocenters. The van der Waals surface area contributed by atoms with Crippen LogP contribution >= 0.6 is 0 Å². The molecule has 1 unspecified atom stereocenters. The van der Waals surface area contributed by atoms with Crippen LogP contribution in [0, 0.1) is 6.92 Å². The van der Waals surface area contributed by atoms with E-state index in [-0.39, 0.29) is 16.8 Å². The standard InChI is InChI=1S/C18H29N3O3S/c1-13-8-9-15(25(23,24)20-18(2,3)4)11-16(13)17(22)21-10-6-7-14(12-21)19-5/h8-9,11,14,19-20H,6-7,10,12H2,1-5H3. The maximum Gasteiger partial charge on any atom is 0.254 e. The molecule has 25 heavy (non-hydrogen) atoms. The Morgan fingerprint density at radius 1 is 1.28 bits per heavy atom. The van der Waals surface area contributed by atoms with Crippen molar-refractivity contribution in [2.24, 2.45) is 0 Å². The van der Waals surface area contributed by atoms with Gasteiger partial charge in [-0.15, -0.1) is 0 Å². The molecule has 1 saturated heterocycles. The SMILES string of the molecule is CNC1CCCN(C(=O)c2cc(S(=O)(=O)NC(C)(C)C)ccc2C)C1. The summed E-state index contributed by atoms with van der Waals surface area (Å²) in [6, 6.07) is 5.03. The molecule has 2 rings (SSSR count). The van der Waals surface area contributed by atoms with Crippen LogP contribution in [0.15, 0.2) is 23.1 Å². The number of piperidine rings is 1. The fourth-order valence-electron chi connectivity index (χ4n) is 3.03. The lowest BCUT2D eigenvalue weighted by Gasteiger charge is -2.33. The van der Waals surface area contributed by atoms with Gasteiger partial charge in [0.1, 0.15) is 0 Å². The molecule has 1 amide bonds. The van der Waals surface area contributed by atoms with Crippen molar-refractivity contribution in [3.8, 4) is 0 Å². The number of hydrogen-bond acceptors (Lipinski definition) is 4. The van der Waals surface area contributed by atoms with Crippen molar-refractivity contribution < 1.29 is 13.2 Å². The van der Waals surface area contributed by atoms with Crippen molar-refractivity contribution in [3.05, 3.63) is 29.3 Å². The maximum atomic E-state index is 12.9. The highest BCUT2D eigenvalue weighted by Crippen LogP contribution is 2.21. The van der Waals surface area contributed by atoms with E-state index < -0.39 is 15.6 Å². The molecule has 1 aromatic carbocycles. The Bertz CT molecular complexity index is 738. The van der Waals surface area contributed by atoms with E-state index >= 15 is 0 Å². The second kappa shape index (κ2) is 7.43. The van der Waals surface area contributed by atoms with E-state index in [1.807, 2.05) is 14.0 Å². The first-order valence-corrected chi connectivity index (χ1v) is 10.1. The highest BCUT2D eigenvalue weighted by molar-refractivity contribution is 7.89. The fraction of sp³-hybridized carbons (Fsp3) is 0.611. The minimum atomic E-state index is -3.67. The van der Waals surface area contributed by atoms with Crippen LogP contribution in [-0.2, 0) is 10.0 Å². The number of likely N-dealkylation sites (tertiary alicyclic amines) is 1. The molecular formula is C18H29N3O3S. The zero-order valence-electron chi connectivity index (χ0n) is 15.7. The van der Waals surface area contributed by atoms with Crippen molar-refractivity contribution in [1.82, 2.24) is 14.9 Å². The predicted molar refractivity (Wildman–Crippen MR) is 99.2 cm³/mol. The Morgan fingerprint density at radius 3 is 2.56 bits per heavy atom. The van der Waals surface area contributed by atoms with E-state index in [1.165, 1.54) is 6.07 Å². The van der Waals surface area contributed by atoms with Gasteiger partial charge in [-0.3, -0.25) is 4.79 Å². The summed E-state index contributed by atoms with van der Waals surface area (Å²) in [6.07, 6.45) is 1.99. The lowest BCUT2D eigenvalue weighted by atomic mass is 10.0. The Kier molecular flexibility index (Phi) is 5.91. The van der Waals surface area contributed by atoms with Gasteiger partial charge in [-0.2, -0.15) is 0 Å². The highest BCUT2D eigenvalue weighted by Gasteiger charge is 2.27. The lowest BCUT2D eigenvalue weighted by molar-refractivity contribution is 0.0697. The second-order valence-corrected chi connectivity index (χ2v) is 9.39. The summed E-state index contributed by atoms with van der Waals surface area (Å²) >= 11 is 0. The molecule has 0 bridgehead atoms. The number of carbonyl (C=O) groups is 1. The van der Waals surface area contributed by atoms with Gasteiger partial charge in [0.25, 0.3) is 5.91 Å². The molecule has 0 radical (unpaired) electrons. The molecular weight excluding hydrogens is 338 g/mol. The minimum Gasteiger partial charge on any atom is -0.337 e. The van der Waals surface area contributed by atoms with E-state index in [0.29, 0.717) is 18.7 Å². The molecule has 0 saturated carbocycles. The summed E-state index contributed by atoms with van der Waals surface area (Å²) < 4.78 is 27.8. The number of sulfonamides is 1. The van der Waals surface area contributed by atoms with E-state index in [2.05, 4.69) is 10.0 Å². The number of benzene rings is 1. The average molecular weight is 368 g/mol. The van der Waals surface area contributed by atoms with E-state index in [4.69, 9.17) is 0 Å². The molecule has 2 N–H and O–H groups in total. The number of rotatable bonds is 4. The Hall–Kier alpha value is -1.44. The summed E-state index contributed by atoms with van der Waals surface area (Å²) in [5.74, 6) is -0.106. The Balaban J connectivity index is 2.31. The van der Waals surface area contributed by atoms with Crippen LogP contribution in [0.5, 0.6) is 0 Å². The van der Waals surface area contributed by atoms with Gasteiger partial charge in [0.15, 0.2) is 0 Å². The molecule has 1 aliphatic heterocycles. The first-order chi connectivity index (χ1) is 11.5. The van der Waals surface area contributed by atoms with Crippen molar-refractivity contribution in [3.63, 3.8) is 0 Å². The smallest absolute Gasteiger partial charge is 0.254 e. The number of aryl methyl sites for hydroxylation is 1. The second-order valence-electron chi connectivity index (χ2n) is 7.71. The Morgan fingerprint density at radius 2 is 1.96 bits per heavy atom. The molecule has 140 valence electrons. The molecule has 1 fully saturated rings. The average Bonchev–Trinajstić information content (AvgIpc) is 2.52. The Labute approximate surface area is 151 Å². The van der Waals surface area contributed by atoms with Gasteiger partial charge >= 0.3 is 0 Å². The topological polar surface area (TPSA) is 78.5 Å². The van der Waals surface area contributed by atoms with E-state index in [1.54, 1.807) is 37.8 Å². The van der Waals surface area contributed by atoms with Gasteiger partial charge in [-0.25, -0.2) is 13.1 Å². The predicted octanol–water partition coefficient (Wildman–Crippen LogP) is 1.90. The van der Waals surface area contributed by atoms with Gasteiger partial charge in [0.05, 0.1) is 4.90 Å². The summed E-state index contributed by atoms with van der Waals surface area (Å²) in [4.78, 5) is 14.9. The molecule has 0 aliphatic carbocycles. The first-order valence-electron chi connectivity index (χ1n) is 8.64. The van der Waals surface area contributed by atoms with Crippen LogP contribution in [0.4, 0.5) is 0 Å². The number of nitrogens with one attached hydrogen (secondary N) is 2. The van der Waals surface area contributed by atoms with Crippen molar-refractivity contribution >= 4 is 15.9 Å². The molecule has 1 heterocycles. The van der Waals surface area contributed by atoms with Crippen molar-refractivity contribution in [2.75, 3.05) is 20.1 Å². The van der Waals surface area contributed by atoms with Gasteiger partial charge in [-0.1, -0.05) is 6.07 Å². The third-order valence-electron chi connectivity index (χ3n) is 4.31. The number of amides is 1. The zero-order chi connectivity index (χ0) is 18.8. The van der Waals surface area contributed by atoms with Gasteiger partial charge < -0.3 is 10.2 Å². The zero-order valence-corrected chi connectivity index (χ0v) is 16.5. The molecule has 0 spiro atoms. The number of nitrogens with zero attached hydrogens (tertiary/aromatic N) is 1. The summed E-state index contributed by atoms with van der Waals surface area (Å²) in [5, 5.41) is 3.22. The summed E-state index contributed by atoms with van der Waals surface area (Å²) in [6.45, 7) is 8.54. The first kappa shape index (κ1) is 19.9. The summed E-state index contributed by atoms with van der Waals surface area (Å²) in [7, 11) is -1.77. The van der Waals surface area contributed by atoms with Crippen molar-refractivity contribution in [2.45, 2.75) is 57.0 Å². The van der Waals surface area contributed by atoms with Crippen LogP contribution < -0.4 is 10.0 Å². The van der Waals surface area contributed by atoms with Gasteiger partial charge in [0, 0.05) is 30.2 Å². The molecule has 7 heteroatoms. The van der Waals surface area contributed by atoms with E-state index in [9.17, 15) is 13.2 Å². The molecule has 1 aromatic rings. The van der Waals surface area contributed by atoms with Crippen LogP contribution in [-0.4, -0.2) is 50.9 Å². The molecule has 0 aromatic heterocycles. The fourth-order valence-corrected chi connectivity index (χ4v) is 4.47. The monoisotopic (exact) mass is 367 g/mol. The van der Waals surface area contributed by atoms with E-state index in [0.717, 1.165) is 18.4 Å². The van der Waals surface area contributed by atoms with Crippen LogP contribution in [0.3, 0.4) is 0 Å². The number of carbonyl (C=O) groups excluding carboxylic acids is 1. The minimum absolute atomic E-state index is 0.106. The molecule has 6 nitrogen and oxygen atoms in total. The quantitative estimate of drug-likeness (QED) is 0.852. The van der Waals surface area contributed by atoms with Crippen LogP contribution in [0.2, 0.25) is 0 Å².